The summed E-state index contributed by atoms with van der Waals surface area (Å²) < 4.78 is 0. The maximum atomic E-state index is 9.37. The maximum Gasteiger partial charge on any atom is 0.115 e. The Bertz CT molecular complexity index is 304. The fourth-order valence-corrected chi connectivity index (χ4v) is 2.15. The predicted molar refractivity (Wildman–Crippen MR) is 65.4 cm³/mol. The highest BCUT2D eigenvalue weighted by Crippen LogP contribution is 2.29. The number of hydrogen-bond donors (Lipinski definition) is 1. The van der Waals surface area contributed by atoms with E-state index in [-0.39, 0.29) is 0 Å². The molecule has 0 spiro atoms. The van der Waals surface area contributed by atoms with Crippen LogP contribution in [0.25, 0.3) is 0 Å². The number of rotatable bonds is 5. The van der Waals surface area contributed by atoms with Crippen molar-refractivity contribution in [3.63, 3.8) is 0 Å². The Kier molecular flexibility index (Phi) is 4.67. The van der Waals surface area contributed by atoms with Gasteiger partial charge in [0.2, 0.25) is 0 Å². The zero-order valence-corrected chi connectivity index (χ0v) is 10.1. The highest BCUT2D eigenvalue weighted by Gasteiger charge is 2.11. The minimum absolute atomic E-state index is 0.376. The van der Waals surface area contributed by atoms with Crippen LogP contribution in [0.1, 0.15) is 56.6 Å². The summed E-state index contributed by atoms with van der Waals surface area (Å²) in [4.78, 5) is 0. The molecule has 1 aromatic rings. The monoisotopic (exact) mass is 206 g/mol. The molecule has 1 heteroatoms. The van der Waals surface area contributed by atoms with E-state index in [1.807, 2.05) is 6.07 Å². The molecule has 0 aliphatic carbocycles. The first kappa shape index (κ1) is 12.1. The summed E-state index contributed by atoms with van der Waals surface area (Å²) >= 11 is 0. The molecule has 1 N–H and O–H groups in total. The highest BCUT2D eigenvalue weighted by atomic mass is 16.3. The second kappa shape index (κ2) is 5.79. The Hall–Kier alpha value is -0.980. The smallest absolute Gasteiger partial charge is 0.115 e. The van der Waals surface area contributed by atoms with E-state index in [0.717, 1.165) is 0 Å². The van der Waals surface area contributed by atoms with Crippen molar-refractivity contribution in [2.75, 3.05) is 0 Å². The molecule has 1 unspecified atom stereocenters. The van der Waals surface area contributed by atoms with Crippen LogP contribution in [-0.4, -0.2) is 5.11 Å². The molecule has 0 aliphatic rings. The van der Waals surface area contributed by atoms with Crippen molar-refractivity contribution in [2.45, 2.75) is 52.4 Å². The maximum absolute atomic E-state index is 9.37. The molecule has 0 aromatic heterocycles. The molecule has 0 saturated heterocycles. The Morgan fingerprint density at radius 3 is 2.53 bits per heavy atom. The van der Waals surface area contributed by atoms with E-state index in [9.17, 15) is 5.11 Å². The zero-order valence-electron chi connectivity index (χ0n) is 10.1. The van der Waals surface area contributed by atoms with Gasteiger partial charge in [-0.2, -0.15) is 0 Å². The summed E-state index contributed by atoms with van der Waals surface area (Å²) in [5.74, 6) is 1.03. The molecule has 84 valence electrons. The van der Waals surface area contributed by atoms with Crippen LogP contribution in [0, 0.1) is 6.92 Å². The van der Waals surface area contributed by atoms with Gasteiger partial charge >= 0.3 is 0 Å². The first-order chi connectivity index (χ1) is 7.19. The molecule has 0 fully saturated rings. The number of aromatic hydroxyl groups is 1. The molecule has 0 saturated carbocycles. The van der Waals surface area contributed by atoms with Crippen molar-refractivity contribution in [1.82, 2.24) is 0 Å². The Labute approximate surface area is 93.1 Å². The van der Waals surface area contributed by atoms with Crippen LogP contribution in [0.15, 0.2) is 18.2 Å². The van der Waals surface area contributed by atoms with E-state index in [4.69, 9.17) is 0 Å². The third kappa shape index (κ3) is 3.26. The van der Waals surface area contributed by atoms with Crippen LogP contribution in [0.2, 0.25) is 0 Å². The van der Waals surface area contributed by atoms with E-state index in [1.54, 1.807) is 6.07 Å². The summed E-state index contributed by atoms with van der Waals surface area (Å²) in [6.45, 7) is 6.56. The fourth-order valence-electron chi connectivity index (χ4n) is 2.15. The fraction of sp³-hybridized carbons (Fsp3) is 0.571. The molecule has 1 aromatic carbocycles. The normalized spacial score (nSPS) is 12.7. The van der Waals surface area contributed by atoms with Gasteiger partial charge in [-0.25, -0.2) is 0 Å². The molecule has 1 rings (SSSR count). The van der Waals surface area contributed by atoms with Gasteiger partial charge < -0.3 is 5.11 Å². The molecule has 0 radical (unpaired) electrons. The van der Waals surface area contributed by atoms with Gasteiger partial charge in [-0.15, -0.1) is 0 Å². The van der Waals surface area contributed by atoms with Gasteiger partial charge in [-0.3, -0.25) is 0 Å². The van der Waals surface area contributed by atoms with Crippen LogP contribution >= 0.6 is 0 Å². The third-order valence-electron chi connectivity index (χ3n) is 3.09. The lowest BCUT2D eigenvalue weighted by Crippen LogP contribution is -1.99. The first-order valence-corrected chi connectivity index (χ1v) is 5.98. The molecular weight excluding hydrogens is 184 g/mol. The number of unbranched alkanes of at least 4 members (excludes halogenated alkanes) is 1. The minimum atomic E-state index is 0.376. The summed E-state index contributed by atoms with van der Waals surface area (Å²) in [6.07, 6.45) is 5.00. The minimum Gasteiger partial charge on any atom is -0.508 e. The van der Waals surface area contributed by atoms with Crippen molar-refractivity contribution < 1.29 is 5.11 Å². The number of benzene rings is 1. The third-order valence-corrected chi connectivity index (χ3v) is 3.09. The van der Waals surface area contributed by atoms with Crippen LogP contribution in [0.3, 0.4) is 0 Å². The average molecular weight is 206 g/mol. The topological polar surface area (TPSA) is 20.2 Å². The summed E-state index contributed by atoms with van der Waals surface area (Å²) in [5.41, 5.74) is 2.63. The van der Waals surface area contributed by atoms with Crippen LogP contribution < -0.4 is 0 Å². The van der Waals surface area contributed by atoms with Gasteiger partial charge in [0, 0.05) is 0 Å². The van der Waals surface area contributed by atoms with Crippen molar-refractivity contribution in [3.8, 4) is 5.75 Å². The lowest BCUT2D eigenvalue weighted by Gasteiger charge is -2.17. The van der Waals surface area contributed by atoms with Gasteiger partial charge in [0.15, 0.2) is 0 Å². The summed E-state index contributed by atoms with van der Waals surface area (Å²) in [7, 11) is 0. The van der Waals surface area contributed by atoms with Crippen molar-refractivity contribution in [2.24, 2.45) is 0 Å². The van der Waals surface area contributed by atoms with E-state index < -0.39 is 0 Å². The average Bonchev–Trinajstić information content (AvgIpc) is 2.21. The molecule has 0 amide bonds. The van der Waals surface area contributed by atoms with Gasteiger partial charge in [-0.05, 0) is 48.9 Å². The number of hydrogen-bond acceptors (Lipinski definition) is 1. The van der Waals surface area contributed by atoms with Gasteiger partial charge in [0.25, 0.3) is 0 Å². The molecule has 0 heterocycles. The zero-order chi connectivity index (χ0) is 11.3. The van der Waals surface area contributed by atoms with Gasteiger partial charge in [0.05, 0.1) is 0 Å². The molecular formula is C14H22O. The second-order valence-electron chi connectivity index (χ2n) is 4.29. The van der Waals surface area contributed by atoms with Crippen LogP contribution in [0.5, 0.6) is 5.75 Å². The van der Waals surface area contributed by atoms with E-state index >= 15 is 0 Å². The summed E-state index contributed by atoms with van der Waals surface area (Å²) in [5, 5.41) is 9.37. The largest absolute Gasteiger partial charge is 0.508 e. The number of phenolic OH excluding ortho intramolecular Hbond substituents is 1. The highest BCUT2D eigenvalue weighted by molar-refractivity contribution is 5.36. The number of phenols is 1. The first-order valence-electron chi connectivity index (χ1n) is 5.98. The second-order valence-corrected chi connectivity index (χ2v) is 4.29. The SMILES string of the molecule is CCCCC(CC)c1ccc(O)cc1C. The van der Waals surface area contributed by atoms with E-state index in [1.165, 1.54) is 36.8 Å². The Morgan fingerprint density at radius 1 is 1.27 bits per heavy atom. The molecule has 15 heavy (non-hydrogen) atoms. The van der Waals surface area contributed by atoms with Crippen molar-refractivity contribution >= 4 is 0 Å². The lowest BCUT2D eigenvalue weighted by molar-refractivity contribution is 0.473. The van der Waals surface area contributed by atoms with Gasteiger partial charge in [-0.1, -0.05) is 32.8 Å². The Morgan fingerprint density at radius 2 is 2.00 bits per heavy atom. The van der Waals surface area contributed by atoms with Crippen molar-refractivity contribution in [1.29, 1.82) is 0 Å². The van der Waals surface area contributed by atoms with Crippen LogP contribution in [-0.2, 0) is 0 Å². The Balaban J connectivity index is 2.81. The molecule has 1 atom stereocenters. The standard InChI is InChI=1S/C14H22O/c1-4-6-7-12(5-2)14-9-8-13(15)10-11(14)3/h8-10,12,15H,4-7H2,1-3H3. The quantitative estimate of drug-likeness (QED) is 0.757. The van der Waals surface area contributed by atoms with E-state index in [0.29, 0.717) is 11.7 Å². The van der Waals surface area contributed by atoms with Crippen molar-refractivity contribution in [3.05, 3.63) is 29.3 Å². The van der Waals surface area contributed by atoms with Crippen LogP contribution in [0.4, 0.5) is 0 Å². The molecule has 0 aliphatic heterocycles. The predicted octanol–water partition coefficient (Wildman–Crippen LogP) is 4.38. The molecule has 0 bridgehead atoms. The summed E-state index contributed by atoms with van der Waals surface area (Å²) in [6, 6.07) is 5.75. The lowest BCUT2D eigenvalue weighted by atomic mass is 9.88. The number of aryl methyl sites for hydroxylation is 1. The molecule has 1 nitrogen and oxygen atoms in total. The van der Waals surface area contributed by atoms with E-state index in [2.05, 4.69) is 26.8 Å². The van der Waals surface area contributed by atoms with Gasteiger partial charge in [0.1, 0.15) is 5.75 Å².